The summed E-state index contributed by atoms with van der Waals surface area (Å²) >= 11 is 0. The van der Waals surface area contributed by atoms with Gasteiger partial charge in [0.25, 0.3) is 0 Å². The molecule has 0 aromatic rings. The third-order valence-corrected chi connectivity index (χ3v) is 13.9. The van der Waals surface area contributed by atoms with Crippen LogP contribution in [0.15, 0.2) is 12.2 Å². The van der Waals surface area contributed by atoms with Gasteiger partial charge < -0.3 is 30.6 Å². The summed E-state index contributed by atoms with van der Waals surface area (Å²) in [6, 6.07) is 0.496. The van der Waals surface area contributed by atoms with E-state index in [9.17, 15) is 9.59 Å². The third kappa shape index (κ3) is 13.7. The second kappa shape index (κ2) is 25.4. The number of nitrogens with one attached hydrogen (secondary N) is 2. The highest BCUT2D eigenvalue weighted by Gasteiger charge is 2.64. The molecule has 0 bridgehead atoms. The Morgan fingerprint density at radius 2 is 1.48 bits per heavy atom. The first-order chi connectivity index (χ1) is 28.4. The SMILES string of the molecule is CCC=CC1CCC2(CC3CCC4C(C(=O)OCCCCCCCCCCCCCCCC(=O)N(CCCN)CCCCN)C5(CCCC(CCC)O5)NC(N2)N34)O1. The number of allylic oxidation sites excluding steroid dienone is 1. The number of ether oxygens (including phenoxy) is 3. The Morgan fingerprint density at radius 3 is 2.17 bits per heavy atom. The molecule has 6 N–H and O–H groups in total. The molecule has 0 aromatic carbocycles. The normalized spacial score (nSPS) is 30.8. The molecule has 5 aliphatic rings. The van der Waals surface area contributed by atoms with Crippen LogP contribution in [0.4, 0.5) is 0 Å². The molecule has 8 atom stereocenters. The Hall–Kier alpha value is -1.60. The molecular formula is C47H86N6O5. The first-order valence-electron chi connectivity index (χ1n) is 24.6. The van der Waals surface area contributed by atoms with Crippen LogP contribution in [0.3, 0.4) is 0 Å². The Labute approximate surface area is 353 Å². The van der Waals surface area contributed by atoms with Crippen molar-refractivity contribution in [1.29, 1.82) is 0 Å². The second-order valence-corrected chi connectivity index (χ2v) is 18.5. The number of hydrogen-bond acceptors (Lipinski definition) is 10. The van der Waals surface area contributed by atoms with Gasteiger partial charge in [-0.05, 0) is 103 Å². The standard InChI is InChI=1S/C47H86N6O5/c1-3-5-24-40-29-31-46(57-40)37-38-27-28-41-43(47(51-45(50-46)53(38)41)30-21-25-39(58-47)23-4-2)44(55)56-36-20-16-14-12-10-8-6-7-9-11-13-15-17-26-42(54)52(35-22-33-49)34-19-18-32-48/h5,24,38-41,43,45,50-51H,3-4,6-23,25-37,48-49H2,1-2H3. The summed E-state index contributed by atoms with van der Waals surface area (Å²) in [5.41, 5.74) is 10.3. The van der Waals surface area contributed by atoms with Crippen LogP contribution < -0.4 is 22.1 Å². The molecule has 0 aromatic heterocycles. The van der Waals surface area contributed by atoms with Crippen molar-refractivity contribution in [1.82, 2.24) is 20.4 Å². The van der Waals surface area contributed by atoms with E-state index in [0.29, 0.717) is 32.2 Å². The smallest absolute Gasteiger partial charge is 0.314 e. The number of hydrogen-bond donors (Lipinski definition) is 4. The molecule has 5 fully saturated rings. The zero-order valence-corrected chi connectivity index (χ0v) is 37.0. The van der Waals surface area contributed by atoms with Crippen molar-refractivity contribution in [2.45, 2.75) is 236 Å². The minimum atomic E-state index is -0.709. The summed E-state index contributed by atoms with van der Waals surface area (Å²) in [6.07, 6.45) is 35.1. The van der Waals surface area contributed by atoms with E-state index in [4.69, 9.17) is 25.7 Å². The molecule has 8 unspecified atom stereocenters. The van der Waals surface area contributed by atoms with E-state index in [1.165, 1.54) is 57.8 Å². The highest BCUT2D eigenvalue weighted by molar-refractivity contribution is 5.76. The summed E-state index contributed by atoms with van der Waals surface area (Å²) in [6.45, 7) is 7.81. The van der Waals surface area contributed by atoms with Gasteiger partial charge in [-0.25, -0.2) is 0 Å². The summed E-state index contributed by atoms with van der Waals surface area (Å²) < 4.78 is 20.0. The van der Waals surface area contributed by atoms with Gasteiger partial charge in [-0.15, -0.1) is 0 Å². The zero-order chi connectivity index (χ0) is 41.1. The molecule has 0 aliphatic carbocycles. The minimum absolute atomic E-state index is 0.0663. The lowest BCUT2D eigenvalue weighted by Crippen LogP contribution is -2.81. The van der Waals surface area contributed by atoms with Crippen LogP contribution in [0.1, 0.15) is 194 Å². The highest BCUT2D eigenvalue weighted by Crippen LogP contribution is 2.50. The first-order valence-corrected chi connectivity index (χ1v) is 24.6. The molecule has 11 nitrogen and oxygen atoms in total. The van der Waals surface area contributed by atoms with Gasteiger partial charge in [0.2, 0.25) is 5.91 Å². The maximum absolute atomic E-state index is 14.2. The van der Waals surface area contributed by atoms with Gasteiger partial charge in [0, 0.05) is 38.0 Å². The van der Waals surface area contributed by atoms with Gasteiger partial charge >= 0.3 is 5.97 Å². The molecule has 5 heterocycles. The Bertz CT molecular complexity index is 1220. The van der Waals surface area contributed by atoms with Crippen LogP contribution in [0.25, 0.3) is 0 Å². The fourth-order valence-corrected chi connectivity index (χ4v) is 10.9. The number of nitrogens with zero attached hydrogens (tertiary/aromatic N) is 2. The van der Waals surface area contributed by atoms with Crippen LogP contribution in [-0.4, -0.2) is 96.5 Å². The van der Waals surface area contributed by atoms with Gasteiger partial charge in [0.1, 0.15) is 23.7 Å². The summed E-state index contributed by atoms with van der Waals surface area (Å²) in [7, 11) is 0. The van der Waals surface area contributed by atoms with Gasteiger partial charge in [-0.2, -0.15) is 0 Å². The lowest BCUT2D eigenvalue weighted by atomic mass is 9.79. The van der Waals surface area contributed by atoms with Crippen molar-refractivity contribution in [3.05, 3.63) is 12.2 Å². The predicted octanol–water partition coefficient (Wildman–Crippen LogP) is 8.14. The Kier molecular flexibility index (Phi) is 20.7. The zero-order valence-electron chi connectivity index (χ0n) is 37.0. The maximum Gasteiger partial charge on any atom is 0.314 e. The number of unbranched alkanes of at least 4 members (excludes halogenated alkanes) is 13. The molecule has 58 heavy (non-hydrogen) atoms. The molecule has 5 aliphatic heterocycles. The fourth-order valence-electron chi connectivity index (χ4n) is 10.9. The predicted molar refractivity (Wildman–Crippen MR) is 234 cm³/mol. The molecule has 5 saturated heterocycles. The van der Waals surface area contributed by atoms with Gasteiger partial charge in [0.05, 0.1) is 18.8 Å². The Balaban J connectivity index is 0.953. The van der Waals surface area contributed by atoms with Crippen molar-refractivity contribution >= 4 is 11.9 Å². The van der Waals surface area contributed by atoms with E-state index < -0.39 is 5.72 Å². The molecule has 1 amide bonds. The number of amides is 1. The van der Waals surface area contributed by atoms with E-state index in [2.05, 4.69) is 41.5 Å². The minimum Gasteiger partial charge on any atom is -0.465 e. The van der Waals surface area contributed by atoms with E-state index in [-0.39, 0.29) is 48.1 Å². The van der Waals surface area contributed by atoms with Gasteiger partial charge in [0.15, 0.2) is 0 Å². The van der Waals surface area contributed by atoms with E-state index in [1.54, 1.807) is 0 Å². The quantitative estimate of drug-likeness (QED) is 0.0347. The number of esters is 1. The average molecular weight is 815 g/mol. The molecular weight excluding hydrogens is 729 g/mol. The van der Waals surface area contributed by atoms with Crippen LogP contribution >= 0.6 is 0 Å². The van der Waals surface area contributed by atoms with Crippen molar-refractivity contribution in [2.24, 2.45) is 17.4 Å². The number of carbonyl (C=O) groups excluding carboxylic acids is 2. The molecule has 5 rings (SSSR count). The molecule has 2 spiro atoms. The van der Waals surface area contributed by atoms with Crippen molar-refractivity contribution in [3.8, 4) is 0 Å². The van der Waals surface area contributed by atoms with Crippen LogP contribution in [-0.2, 0) is 23.8 Å². The van der Waals surface area contributed by atoms with E-state index >= 15 is 0 Å². The third-order valence-electron chi connectivity index (χ3n) is 13.9. The number of nitrogens with two attached hydrogens (primary N) is 2. The number of carbonyl (C=O) groups is 2. The first kappa shape index (κ1) is 47.4. The van der Waals surface area contributed by atoms with Crippen LogP contribution in [0.2, 0.25) is 0 Å². The fraction of sp³-hybridized carbons (Fsp3) is 0.915. The van der Waals surface area contributed by atoms with Crippen molar-refractivity contribution in [2.75, 3.05) is 32.8 Å². The summed E-state index contributed by atoms with van der Waals surface area (Å²) in [5, 5.41) is 7.89. The van der Waals surface area contributed by atoms with Crippen molar-refractivity contribution in [3.63, 3.8) is 0 Å². The Morgan fingerprint density at radius 1 is 0.793 bits per heavy atom. The molecule has 334 valence electrons. The maximum atomic E-state index is 14.2. The average Bonchev–Trinajstić information content (AvgIpc) is 3.81. The second-order valence-electron chi connectivity index (χ2n) is 18.5. The summed E-state index contributed by atoms with van der Waals surface area (Å²) in [4.78, 5) is 31.4. The lowest BCUT2D eigenvalue weighted by Gasteiger charge is -2.60. The van der Waals surface area contributed by atoms with E-state index in [0.717, 1.165) is 129 Å². The monoisotopic (exact) mass is 815 g/mol. The van der Waals surface area contributed by atoms with Gasteiger partial charge in [-0.3, -0.25) is 25.1 Å². The van der Waals surface area contributed by atoms with E-state index in [1.807, 2.05) is 4.90 Å². The van der Waals surface area contributed by atoms with Crippen LogP contribution in [0, 0.1) is 5.92 Å². The number of rotatable bonds is 28. The lowest BCUT2D eigenvalue weighted by molar-refractivity contribution is -0.253. The van der Waals surface area contributed by atoms with Gasteiger partial charge in [-0.1, -0.05) is 103 Å². The molecule has 0 saturated carbocycles. The molecule has 0 radical (unpaired) electrons. The molecule has 11 heteroatoms. The highest BCUT2D eigenvalue weighted by atomic mass is 16.6. The topological polar surface area (TPSA) is 144 Å². The van der Waals surface area contributed by atoms with Crippen LogP contribution in [0.5, 0.6) is 0 Å². The van der Waals surface area contributed by atoms with Crippen molar-refractivity contribution < 1.29 is 23.8 Å². The largest absolute Gasteiger partial charge is 0.465 e. The summed E-state index contributed by atoms with van der Waals surface area (Å²) in [5.74, 6) is -0.102.